The summed E-state index contributed by atoms with van der Waals surface area (Å²) in [5.74, 6) is 0.836. The third kappa shape index (κ3) is 2.84. The molecule has 4 heteroatoms. The molecule has 4 nitrogen and oxygen atoms in total. The molecule has 0 fully saturated rings. The lowest BCUT2D eigenvalue weighted by molar-refractivity contribution is -0.119. The van der Waals surface area contributed by atoms with E-state index in [9.17, 15) is 4.79 Å². The highest BCUT2D eigenvalue weighted by Gasteiger charge is 2.27. The van der Waals surface area contributed by atoms with Crippen LogP contribution in [0.15, 0.2) is 41.5 Å². The maximum atomic E-state index is 11.1. The van der Waals surface area contributed by atoms with Gasteiger partial charge in [0.25, 0.3) is 0 Å². The van der Waals surface area contributed by atoms with Crippen LogP contribution in [-0.2, 0) is 4.79 Å². The Hall–Kier alpha value is -2.10. The number of benzene rings is 1. The highest BCUT2D eigenvalue weighted by atomic mass is 16.5. The lowest BCUT2D eigenvalue weighted by Gasteiger charge is -2.17. The van der Waals surface area contributed by atoms with Gasteiger partial charge in [0.05, 0.1) is 18.4 Å². The summed E-state index contributed by atoms with van der Waals surface area (Å²) >= 11 is 0. The SMILES string of the molecule is C=C(C)C1=NN(C=O)C(c2ccc(OCC)cc2)C1. The van der Waals surface area contributed by atoms with Gasteiger partial charge in [0, 0.05) is 6.42 Å². The van der Waals surface area contributed by atoms with Gasteiger partial charge in [0.1, 0.15) is 5.75 Å². The predicted molar refractivity (Wildman–Crippen MR) is 75.1 cm³/mol. The van der Waals surface area contributed by atoms with Crippen LogP contribution in [0.4, 0.5) is 0 Å². The molecule has 1 aliphatic heterocycles. The molecule has 1 aromatic carbocycles. The molecule has 1 atom stereocenters. The van der Waals surface area contributed by atoms with E-state index in [0.717, 1.165) is 29.0 Å². The average Bonchev–Trinajstić information content (AvgIpc) is 2.84. The van der Waals surface area contributed by atoms with Gasteiger partial charge in [-0.2, -0.15) is 5.10 Å². The normalized spacial score (nSPS) is 18.1. The van der Waals surface area contributed by atoms with Gasteiger partial charge in [-0.3, -0.25) is 4.79 Å². The molecule has 0 saturated heterocycles. The zero-order valence-electron chi connectivity index (χ0n) is 11.3. The molecule has 1 aliphatic rings. The highest BCUT2D eigenvalue weighted by Crippen LogP contribution is 2.31. The fraction of sp³-hybridized carbons (Fsp3) is 0.333. The summed E-state index contributed by atoms with van der Waals surface area (Å²) in [6.07, 6.45) is 1.47. The quantitative estimate of drug-likeness (QED) is 0.762. The smallest absolute Gasteiger partial charge is 0.230 e. The fourth-order valence-corrected chi connectivity index (χ4v) is 2.11. The number of carbonyl (C=O) groups is 1. The Balaban J connectivity index is 2.18. The van der Waals surface area contributed by atoms with Crippen LogP contribution in [0.1, 0.15) is 31.9 Å². The predicted octanol–water partition coefficient (Wildman–Crippen LogP) is 2.92. The topological polar surface area (TPSA) is 41.9 Å². The maximum absolute atomic E-state index is 11.1. The van der Waals surface area contributed by atoms with E-state index in [4.69, 9.17) is 4.74 Å². The fourth-order valence-electron chi connectivity index (χ4n) is 2.11. The van der Waals surface area contributed by atoms with Gasteiger partial charge in [0.2, 0.25) is 6.41 Å². The van der Waals surface area contributed by atoms with Crippen LogP contribution in [0.2, 0.25) is 0 Å². The monoisotopic (exact) mass is 258 g/mol. The van der Waals surface area contributed by atoms with Crippen LogP contribution < -0.4 is 4.74 Å². The summed E-state index contributed by atoms with van der Waals surface area (Å²) in [5.41, 5.74) is 2.84. The third-order valence-corrected chi connectivity index (χ3v) is 3.12. The summed E-state index contributed by atoms with van der Waals surface area (Å²) < 4.78 is 5.41. The number of hydrazone groups is 1. The summed E-state index contributed by atoms with van der Waals surface area (Å²) in [6, 6.07) is 7.74. The van der Waals surface area contributed by atoms with Gasteiger partial charge in [0.15, 0.2) is 0 Å². The number of rotatable bonds is 5. The summed E-state index contributed by atoms with van der Waals surface area (Å²) in [6.45, 7) is 8.38. The van der Waals surface area contributed by atoms with E-state index in [1.54, 1.807) is 0 Å². The van der Waals surface area contributed by atoms with Gasteiger partial charge in [-0.05, 0) is 37.1 Å². The van der Waals surface area contributed by atoms with E-state index < -0.39 is 0 Å². The van der Waals surface area contributed by atoms with Crippen molar-refractivity contribution in [2.75, 3.05) is 6.61 Å². The molecular formula is C15H18N2O2. The molecule has 0 spiro atoms. The van der Waals surface area contributed by atoms with Crippen molar-refractivity contribution >= 4 is 12.1 Å². The minimum absolute atomic E-state index is 0.0418. The van der Waals surface area contributed by atoms with Gasteiger partial charge >= 0.3 is 0 Å². The first-order valence-electron chi connectivity index (χ1n) is 6.35. The van der Waals surface area contributed by atoms with Crippen molar-refractivity contribution in [1.29, 1.82) is 0 Å². The van der Waals surface area contributed by atoms with E-state index in [0.29, 0.717) is 13.0 Å². The first-order valence-corrected chi connectivity index (χ1v) is 6.35. The standard InChI is InChI=1S/C15H18N2O2/c1-4-19-13-7-5-12(6-8-13)15-9-14(11(2)3)16-17(15)10-18/h5-8,10,15H,2,4,9H2,1,3H3. The first kappa shape index (κ1) is 13.3. The van der Waals surface area contributed by atoms with Crippen LogP contribution in [0.3, 0.4) is 0 Å². The van der Waals surface area contributed by atoms with E-state index in [-0.39, 0.29) is 6.04 Å². The lowest BCUT2D eigenvalue weighted by atomic mass is 10.00. The number of allylic oxidation sites excluding steroid dienone is 1. The molecule has 0 radical (unpaired) electrons. The highest BCUT2D eigenvalue weighted by molar-refractivity contribution is 6.01. The molecule has 1 heterocycles. The Labute approximate surface area is 113 Å². The van der Waals surface area contributed by atoms with Gasteiger partial charge in [-0.25, -0.2) is 5.01 Å². The second-order valence-corrected chi connectivity index (χ2v) is 4.53. The molecule has 0 bridgehead atoms. The summed E-state index contributed by atoms with van der Waals surface area (Å²) in [7, 11) is 0. The van der Waals surface area contributed by atoms with Crippen molar-refractivity contribution in [2.24, 2.45) is 5.10 Å². The number of amides is 1. The maximum Gasteiger partial charge on any atom is 0.230 e. The van der Waals surface area contributed by atoms with E-state index in [1.165, 1.54) is 5.01 Å². The minimum Gasteiger partial charge on any atom is -0.494 e. The average molecular weight is 258 g/mol. The lowest BCUT2D eigenvalue weighted by Crippen LogP contribution is -2.17. The zero-order valence-corrected chi connectivity index (χ0v) is 11.3. The number of ether oxygens (including phenoxy) is 1. The molecule has 2 rings (SSSR count). The molecule has 1 unspecified atom stereocenters. The van der Waals surface area contributed by atoms with Crippen molar-refractivity contribution < 1.29 is 9.53 Å². The number of nitrogens with zero attached hydrogens (tertiary/aromatic N) is 2. The van der Waals surface area contributed by atoms with Gasteiger partial charge in [-0.1, -0.05) is 18.7 Å². The molecule has 0 N–H and O–H groups in total. The number of carbonyl (C=O) groups excluding carboxylic acids is 1. The molecule has 1 amide bonds. The number of hydrogen-bond acceptors (Lipinski definition) is 3. The number of hydrogen-bond donors (Lipinski definition) is 0. The Kier molecular flexibility index (Phi) is 4.00. The molecule has 100 valence electrons. The second kappa shape index (κ2) is 5.69. The second-order valence-electron chi connectivity index (χ2n) is 4.53. The van der Waals surface area contributed by atoms with Crippen LogP contribution in [0.25, 0.3) is 0 Å². The Bertz CT molecular complexity index is 505. The van der Waals surface area contributed by atoms with E-state index in [1.807, 2.05) is 38.1 Å². The third-order valence-electron chi connectivity index (χ3n) is 3.12. The van der Waals surface area contributed by atoms with Crippen LogP contribution in [0.5, 0.6) is 5.75 Å². The molecule has 1 aromatic rings. The van der Waals surface area contributed by atoms with Crippen LogP contribution >= 0.6 is 0 Å². The molecule has 19 heavy (non-hydrogen) atoms. The van der Waals surface area contributed by atoms with Crippen molar-refractivity contribution in [1.82, 2.24) is 5.01 Å². The molecule has 0 aliphatic carbocycles. The van der Waals surface area contributed by atoms with Gasteiger partial charge < -0.3 is 4.74 Å². The molecular weight excluding hydrogens is 240 g/mol. The van der Waals surface area contributed by atoms with E-state index >= 15 is 0 Å². The van der Waals surface area contributed by atoms with Crippen LogP contribution in [0, 0.1) is 0 Å². The Morgan fingerprint density at radius 2 is 2.21 bits per heavy atom. The minimum atomic E-state index is -0.0418. The van der Waals surface area contributed by atoms with Crippen molar-refractivity contribution in [3.8, 4) is 5.75 Å². The zero-order chi connectivity index (χ0) is 13.8. The van der Waals surface area contributed by atoms with Crippen molar-refractivity contribution in [2.45, 2.75) is 26.3 Å². The largest absolute Gasteiger partial charge is 0.494 e. The Morgan fingerprint density at radius 3 is 2.74 bits per heavy atom. The summed E-state index contributed by atoms with van der Waals surface area (Å²) in [5, 5.41) is 5.73. The summed E-state index contributed by atoms with van der Waals surface area (Å²) in [4.78, 5) is 11.1. The van der Waals surface area contributed by atoms with Crippen molar-refractivity contribution in [3.63, 3.8) is 0 Å². The van der Waals surface area contributed by atoms with Crippen molar-refractivity contribution in [3.05, 3.63) is 42.0 Å². The molecule has 0 aromatic heterocycles. The Morgan fingerprint density at radius 1 is 1.53 bits per heavy atom. The van der Waals surface area contributed by atoms with Crippen LogP contribution in [-0.4, -0.2) is 23.7 Å². The first-order chi connectivity index (χ1) is 9.15. The molecule has 0 saturated carbocycles. The van der Waals surface area contributed by atoms with Gasteiger partial charge in [-0.15, -0.1) is 0 Å². The van der Waals surface area contributed by atoms with E-state index in [2.05, 4.69) is 11.7 Å².